The molecule has 0 bridgehead atoms. The van der Waals surface area contributed by atoms with Gasteiger partial charge in [-0.05, 0) is 23.6 Å². The first-order chi connectivity index (χ1) is 9.54. The van der Waals surface area contributed by atoms with E-state index in [1.54, 1.807) is 23.6 Å². The Balaban J connectivity index is 2.25. The van der Waals surface area contributed by atoms with E-state index >= 15 is 0 Å². The van der Waals surface area contributed by atoms with Crippen molar-refractivity contribution >= 4 is 38.0 Å². The zero-order valence-electron chi connectivity index (χ0n) is 10.7. The molecule has 0 radical (unpaired) electrons. The number of anilines is 1. The Bertz CT molecular complexity index is 856. The van der Waals surface area contributed by atoms with Gasteiger partial charge in [-0.1, -0.05) is 18.2 Å². The summed E-state index contributed by atoms with van der Waals surface area (Å²) in [7, 11) is -3.32. The molecule has 1 aromatic carbocycles. The highest BCUT2D eigenvalue weighted by molar-refractivity contribution is 7.92. The second-order valence-corrected chi connectivity index (χ2v) is 7.11. The fourth-order valence-corrected chi connectivity index (χ4v) is 3.43. The molecule has 3 rings (SSSR count). The van der Waals surface area contributed by atoms with Gasteiger partial charge in [0.2, 0.25) is 10.0 Å². The van der Waals surface area contributed by atoms with Crippen LogP contribution in [0.2, 0.25) is 0 Å². The maximum absolute atomic E-state index is 11.4. The minimum absolute atomic E-state index is 0.503. The number of sulfonamides is 1. The van der Waals surface area contributed by atoms with E-state index in [0.29, 0.717) is 11.2 Å². The van der Waals surface area contributed by atoms with Crippen LogP contribution in [0.25, 0.3) is 21.3 Å². The summed E-state index contributed by atoms with van der Waals surface area (Å²) in [6.07, 6.45) is 2.79. The maximum atomic E-state index is 11.4. The molecule has 1 N–H and O–H groups in total. The summed E-state index contributed by atoms with van der Waals surface area (Å²) < 4.78 is 25.4. The van der Waals surface area contributed by atoms with Crippen molar-refractivity contribution in [2.75, 3.05) is 11.0 Å². The molecule has 3 aromatic rings. The van der Waals surface area contributed by atoms with Gasteiger partial charge in [-0.15, -0.1) is 11.3 Å². The SMILES string of the molecule is CS(=O)(=O)Nc1ccc(-c2cccs2)c2cccnc12. The van der Waals surface area contributed by atoms with Crippen LogP contribution in [0.3, 0.4) is 0 Å². The number of hydrogen-bond donors (Lipinski definition) is 1. The molecule has 4 nitrogen and oxygen atoms in total. The van der Waals surface area contributed by atoms with Crippen LogP contribution in [0, 0.1) is 0 Å². The number of nitrogens with one attached hydrogen (secondary N) is 1. The quantitative estimate of drug-likeness (QED) is 0.807. The number of pyridine rings is 1. The Morgan fingerprint density at radius 1 is 1.15 bits per heavy atom. The largest absolute Gasteiger partial charge is 0.282 e. The molecule has 20 heavy (non-hydrogen) atoms. The molecule has 0 spiro atoms. The highest BCUT2D eigenvalue weighted by Crippen LogP contribution is 2.34. The molecule has 0 saturated heterocycles. The molecule has 0 aliphatic rings. The van der Waals surface area contributed by atoms with Gasteiger partial charge in [0.05, 0.1) is 17.5 Å². The second kappa shape index (κ2) is 4.88. The number of rotatable bonds is 3. The van der Waals surface area contributed by atoms with Crippen LogP contribution in [0.1, 0.15) is 0 Å². The molecule has 6 heteroatoms. The Hall–Kier alpha value is -1.92. The molecule has 2 heterocycles. The van der Waals surface area contributed by atoms with Crippen molar-refractivity contribution in [1.82, 2.24) is 4.98 Å². The zero-order chi connectivity index (χ0) is 14.2. The van der Waals surface area contributed by atoms with Crippen molar-refractivity contribution < 1.29 is 8.42 Å². The van der Waals surface area contributed by atoms with Crippen molar-refractivity contribution in [2.24, 2.45) is 0 Å². The number of hydrogen-bond acceptors (Lipinski definition) is 4. The van der Waals surface area contributed by atoms with Crippen molar-refractivity contribution in [2.45, 2.75) is 0 Å². The lowest BCUT2D eigenvalue weighted by molar-refractivity contribution is 0.607. The molecule has 0 aliphatic heterocycles. The van der Waals surface area contributed by atoms with Gasteiger partial charge in [0.1, 0.15) is 0 Å². The van der Waals surface area contributed by atoms with Crippen LogP contribution in [-0.4, -0.2) is 19.7 Å². The third-order valence-electron chi connectivity index (χ3n) is 2.85. The minimum atomic E-state index is -3.32. The Kier molecular flexibility index (Phi) is 3.19. The van der Waals surface area contributed by atoms with E-state index in [1.807, 2.05) is 35.7 Å². The van der Waals surface area contributed by atoms with E-state index < -0.39 is 10.0 Å². The van der Waals surface area contributed by atoms with Gasteiger partial charge >= 0.3 is 0 Å². The average molecular weight is 304 g/mol. The van der Waals surface area contributed by atoms with Gasteiger partial charge in [0, 0.05) is 22.0 Å². The number of nitrogens with zero attached hydrogens (tertiary/aromatic N) is 1. The van der Waals surface area contributed by atoms with Crippen LogP contribution < -0.4 is 4.72 Å². The van der Waals surface area contributed by atoms with E-state index in [4.69, 9.17) is 0 Å². The molecule has 0 saturated carbocycles. The van der Waals surface area contributed by atoms with Gasteiger partial charge in [-0.2, -0.15) is 0 Å². The molecule has 0 unspecified atom stereocenters. The number of aromatic nitrogens is 1. The van der Waals surface area contributed by atoms with Crippen LogP contribution in [-0.2, 0) is 10.0 Å². The molecular weight excluding hydrogens is 292 g/mol. The van der Waals surface area contributed by atoms with E-state index in [0.717, 1.165) is 22.1 Å². The summed E-state index contributed by atoms with van der Waals surface area (Å²) in [5.74, 6) is 0. The van der Waals surface area contributed by atoms with Gasteiger partial charge in [0.25, 0.3) is 0 Å². The van der Waals surface area contributed by atoms with Crippen molar-refractivity contribution in [1.29, 1.82) is 0 Å². The normalized spacial score (nSPS) is 11.7. The summed E-state index contributed by atoms with van der Waals surface area (Å²) in [5, 5.41) is 2.95. The van der Waals surface area contributed by atoms with Crippen molar-refractivity contribution in [3.8, 4) is 10.4 Å². The third kappa shape index (κ3) is 2.52. The topological polar surface area (TPSA) is 59.1 Å². The third-order valence-corrected chi connectivity index (χ3v) is 4.35. The monoisotopic (exact) mass is 304 g/mol. The molecule has 0 fully saturated rings. The maximum Gasteiger partial charge on any atom is 0.229 e. The van der Waals surface area contributed by atoms with E-state index in [2.05, 4.69) is 9.71 Å². The van der Waals surface area contributed by atoms with Crippen molar-refractivity contribution in [3.63, 3.8) is 0 Å². The number of thiophene rings is 1. The lowest BCUT2D eigenvalue weighted by Crippen LogP contribution is -2.10. The summed E-state index contributed by atoms with van der Waals surface area (Å²) in [5.41, 5.74) is 2.22. The Morgan fingerprint density at radius 3 is 2.70 bits per heavy atom. The molecule has 0 aliphatic carbocycles. The van der Waals surface area contributed by atoms with E-state index in [9.17, 15) is 8.42 Å². The molecular formula is C14H12N2O2S2. The summed E-state index contributed by atoms with van der Waals surface area (Å²) >= 11 is 1.64. The number of benzene rings is 1. The van der Waals surface area contributed by atoms with Gasteiger partial charge in [0.15, 0.2) is 0 Å². The van der Waals surface area contributed by atoms with Crippen LogP contribution in [0.4, 0.5) is 5.69 Å². The smallest absolute Gasteiger partial charge is 0.229 e. The molecule has 0 amide bonds. The van der Waals surface area contributed by atoms with Crippen LogP contribution in [0.15, 0.2) is 48.0 Å². The van der Waals surface area contributed by atoms with E-state index in [1.165, 1.54) is 0 Å². The fourth-order valence-electron chi connectivity index (χ4n) is 2.10. The minimum Gasteiger partial charge on any atom is -0.282 e. The van der Waals surface area contributed by atoms with Gasteiger partial charge in [-0.3, -0.25) is 9.71 Å². The molecule has 2 aromatic heterocycles. The van der Waals surface area contributed by atoms with Crippen molar-refractivity contribution in [3.05, 3.63) is 48.0 Å². The predicted molar refractivity (Wildman–Crippen MR) is 83.5 cm³/mol. The zero-order valence-corrected chi connectivity index (χ0v) is 12.3. The average Bonchev–Trinajstić information content (AvgIpc) is 2.91. The standard InChI is InChI=1S/C14H12N2O2S2/c1-20(17,18)16-12-7-6-10(13-5-3-9-19-13)11-4-2-8-15-14(11)12/h2-9,16H,1H3. The molecule has 0 atom stereocenters. The lowest BCUT2D eigenvalue weighted by atomic mass is 10.1. The number of fused-ring (bicyclic) bond motifs is 1. The highest BCUT2D eigenvalue weighted by atomic mass is 32.2. The first kappa shape index (κ1) is 13.1. The van der Waals surface area contributed by atoms with Gasteiger partial charge in [-0.25, -0.2) is 8.42 Å². The van der Waals surface area contributed by atoms with Crippen LogP contribution >= 0.6 is 11.3 Å². The fraction of sp³-hybridized carbons (Fsp3) is 0.0714. The first-order valence-corrected chi connectivity index (χ1v) is 8.71. The highest BCUT2D eigenvalue weighted by Gasteiger charge is 2.11. The predicted octanol–water partition coefficient (Wildman–Crippen LogP) is 3.33. The first-order valence-electron chi connectivity index (χ1n) is 5.94. The summed E-state index contributed by atoms with van der Waals surface area (Å²) in [6.45, 7) is 0. The Labute approximate surface area is 121 Å². The van der Waals surface area contributed by atoms with E-state index in [-0.39, 0.29) is 0 Å². The van der Waals surface area contributed by atoms with Gasteiger partial charge < -0.3 is 0 Å². The molecule has 102 valence electrons. The van der Waals surface area contributed by atoms with Crippen LogP contribution in [0.5, 0.6) is 0 Å². The Morgan fingerprint density at radius 2 is 2.00 bits per heavy atom. The summed E-state index contributed by atoms with van der Waals surface area (Å²) in [6, 6.07) is 11.5. The second-order valence-electron chi connectivity index (χ2n) is 4.41. The summed E-state index contributed by atoms with van der Waals surface area (Å²) in [4.78, 5) is 5.45. The lowest BCUT2D eigenvalue weighted by Gasteiger charge is -2.10.